The van der Waals surface area contributed by atoms with Gasteiger partial charge in [0.2, 0.25) is 0 Å². The largest absolute Gasteiger partial charge is 0.389 e. The molecule has 0 aliphatic carbocycles. The molecule has 1 heterocycles. The minimum absolute atomic E-state index is 0.0653. The number of halogens is 3. The van der Waals surface area contributed by atoms with E-state index in [9.17, 15) is 8.42 Å². The number of benzene rings is 1. The Balaban J connectivity index is 2.37. The molecule has 0 aliphatic rings. The first kappa shape index (κ1) is 17.0. The summed E-state index contributed by atoms with van der Waals surface area (Å²) < 4.78 is 27.9. The maximum atomic E-state index is 12.3. The van der Waals surface area contributed by atoms with E-state index in [0.29, 0.717) is 20.1 Å². The third-order valence-corrected chi connectivity index (χ3v) is 6.42. The molecular formula is C11H7BrCl2N2O2S3. The fourth-order valence-electron chi connectivity index (χ4n) is 1.46. The Morgan fingerprint density at radius 1 is 1.33 bits per heavy atom. The van der Waals surface area contributed by atoms with E-state index >= 15 is 0 Å². The molecule has 1 aromatic carbocycles. The number of sulfonamides is 1. The SMILES string of the molecule is NC(=S)c1ccc(NS(=O)(=O)c2cc(Cl)sc2Cl)c(Br)c1. The van der Waals surface area contributed by atoms with Crippen LogP contribution in [0.1, 0.15) is 5.56 Å². The number of thiocarbonyl (C=S) groups is 1. The number of rotatable bonds is 4. The van der Waals surface area contributed by atoms with Gasteiger partial charge in [-0.3, -0.25) is 4.72 Å². The van der Waals surface area contributed by atoms with Crippen LogP contribution in [0.4, 0.5) is 5.69 Å². The van der Waals surface area contributed by atoms with Gasteiger partial charge in [-0.1, -0.05) is 35.4 Å². The van der Waals surface area contributed by atoms with E-state index in [1.54, 1.807) is 18.2 Å². The molecule has 1 aromatic heterocycles. The van der Waals surface area contributed by atoms with Crippen molar-refractivity contribution in [2.45, 2.75) is 4.90 Å². The second-order valence-corrected chi connectivity index (χ2v) is 9.08. The normalized spacial score (nSPS) is 11.4. The quantitative estimate of drug-likeness (QED) is 0.689. The third kappa shape index (κ3) is 3.88. The molecule has 2 rings (SSSR count). The lowest BCUT2D eigenvalue weighted by Gasteiger charge is -2.10. The number of thiophene rings is 1. The third-order valence-electron chi connectivity index (χ3n) is 2.41. The summed E-state index contributed by atoms with van der Waals surface area (Å²) in [4.78, 5) is 0.155. The summed E-state index contributed by atoms with van der Waals surface area (Å²) in [5.74, 6) is 0. The van der Waals surface area contributed by atoms with Crippen molar-refractivity contribution in [1.82, 2.24) is 0 Å². The molecule has 0 atom stereocenters. The van der Waals surface area contributed by atoms with Crippen LogP contribution in [0.25, 0.3) is 0 Å². The van der Waals surface area contributed by atoms with Gasteiger partial charge in [0.05, 0.1) is 10.0 Å². The van der Waals surface area contributed by atoms with Gasteiger partial charge in [-0.2, -0.15) is 0 Å². The van der Waals surface area contributed by atoms with Crippen LogP contribution < -0.4 is 10.5 Å². The van der Waals surface area contributed by atoms with Crippen LogP contribution in [0.15, 0.2) is 33.6 Å². The zero-order chi connectivity index (χ0) is 15.8. The smallest absolute Gasteiger partial charge is 0.264 e. The Morgan fingerprint density at radius 2 is 2.00 bits per heavy atom. The molecule has 0 unspecified atom stereocenters. The Labute approximate surface area is 149 Å². The van der Waals surface area contributed by atoms with E-state index in [1.807, 2.05) is 0 Å². The monoisotopic (exact) mass is 444 g/mol. The Morgan fingerprint density at radius 3 is 2.48 bits per heavy atom. The van der Waals surface area contributed by atoms with Crippen molar-refractivity contribution in [2.75, 3.05) is 4.72 Å². The molecule has 10 heteroatoms. The van der Waals surface area contributed by atoms with E-state index in [4.69, 9.17) is 41.2 Å². The Hall–Kier alpha value is -0.380. The van der Waals surface area contributed by atoms with Crippen molar-refractivity contribution < 1.29 is 8.42 Å². The van der Waals surface area contributed by atoms with Crippen molar-refractivity contribution >= 4 is 83.4 Å². The maximum absolute atomic E-state index is 12.3. The molecule has 0 spiro atoms. The fraction of sp³-hybridized carbons (Fsp3) is 0. The van der Waals surface area contributed by atoms with Gasteiger partial charge in [-0.05, 0) is 40.2 Å². The van der Waals surface area contributed by atoms with E-state index in [0.717, 1.165) is 11.3 Å². The van der Waals surface area contributed by atoms with Crippen molar-refractivity contribution in [3.63, 3.8) is 0 Å². The molecule has 112 valence electrons. The van der Waals surface area contributed by atoms with Crippen LogP contribution in [-0.2, 0) is 10.0 Å². The van der Waals surface area contributed by atoms with Crippen molar-refractivity contribution in [3.05, 3.63) is 43.0 Å². The molecule has 4 nitrogen and oxygen atoms in total. The lowest BCUT2D eigenvalue weighted by molar-refractivity contribution is 0.601. The standard InChI is InChI=1S/C11H7BrCl2N2O2S3/c12-6-3-5(11(15)19)1-2-7(6)16-21(17,18)8-4-9(13)20-10(8)14/h1-4,16H,(H2,15,19). The van der Waals surface area contributed by atoms with Crippen LogP contribution in [0.3, 0.4) is 0 Å². The Bertz CT molecular complexity index is 821. The van der Waals surface area contributed by atoms with Crippen LogP contribution in [0, 0.1) is 0 Å². The first-order chi connectivity index (χ1) is 9.70. The molecular weight excluding hydrogens is 439 g/mol. The molecule has 0 saturated heterocycles. The first-order valence-electron chi connectivity index (χ1n) is 5.27. The molecule has 0 saturated carbocycles. The molecule has 0 fully saturated rings. The molecule has 3 N–H and O–H groups in total. The van der Waals surface area contributed by atoms with Gasteiger partial charge in [-0.15, -0.1) is 11.3 Å². The molecule has 0 radical (unpaired) electrons. The summed E-state index contributed by atoms with van der Waals surface area (Å²) in [6, 6.07) is 6.10. The topological polar surface area (TPSA) is 72.2 Å². The lowest BCUT2D eigenvalue weighted by atomic mass is 10.2. The second-order valence-electron chi connectivity index (χ2n) is 3.85. The van der Waals surface area contributed by atoms with Gasteiger partial charge in [0.15, 0.2) is 0 Å². The predicted octanol–water partition coefficient (Wildman–Crippen LogP) is 4.25. The molecule has 21 heavy (non-hydrogen) atoms. The number of nitrogens with two attached hydrogens (primary N) is 1. The minimum atomic E-state index is -3.83. The summed E-state index contributed by atoms with van der Waals surface area (Å²) in [5.41, 5.74) is 6.48. The summed E-state index contributed by atoms with van der Waals surface area (Å²) in [6.45, 7) is 0. The first-order valence-corrected chi connectivity index (χ1v) is 9.53. The highest BCUT2D eigenvalue weighted by atomic mass is 79.9. The van der Waals surface area contributed by atoms with Gasteiger partial charge in [-0.25, -0.2) is 8.42 Å². The highest BCUT2D eigenvalue weighted by Gasteiger charge is 2.22. The van der Waals surface area contributed by atoms with Crippen LogP contribution in [0.2, 0.25) is 8.67 Å². The molecule has 2 aromatic rings. The zero-order valence-electron chi connectivity index (χ0n) is 10.1. The average molecular weight is 446 g/mol. The predicted molar refractivity (Wildman–Crippen MR) is 95.2 cm³/mol. The Kier molecular flexibility index (Phi) is 5.17. The number of anilines is 1. The number of hydrogen-bond donors (Lipinski definition) is 2. The highest BCUT2D eigenvalue weighted by molar-refractivity contribution is 9.10. The number of hydrogen-bond acceptors (Lipinski definition) is 4. The summed E-state index contributed by atoms with van der Waals surface area (Å²) in [5, 5.41) is 0. The fourth-order valence-corrected chi connectivity index (χ4v) is 5.43. The lowest BCUT2D eigenvalue weighted by Crippen LogP contribution is -2.14. The average Bonchev–Trinajstić information content (AvgIpc) is 2.71. The van der Waals surface area contributed by atoms with E-state index < -0.39 is 10.0 Å². The van der Waals surface area contributed by atoms with Crippen LogP contribution in [0.5, 0.6) is 0 Å². The van der Waals surface area contributed by atoms with Gasteiger partial charge in [0.1, 0.15) is 14.2 Å². The van der Waals surface area contributed by atoms with Crippen molar-refractivity contribution in [3.8, 4) is 0 Å². The van der Waals surface area contributed by atoms with Gasteiger partial charge >= 0.3 is 0 Å². The van der Waals surface area contributed by atoms with E-state index in [-0.39, 0.29) is 14.2 Å². The van der Waals surface area contributed by atoms with E-state index in [1.165, 1.54) is 6.07 Å². The molecule has 0 amide bonds. The molecule has 0 aliphatic heterocycles. The van der Waals surface area contributed by atoms with Gasteiger partial charge in [0.25, 0.3) is 10.0 Å². The van der Waals surface area contributed by atoms with Gasteiger partial charge in [0, 0.05) is 10.0 Å². The second kappa shape index (κ2) is 6.39. The maximum Gasteiger partial charge on any atom is 0.264 e. The highest BCUT2D eigenvalue weighted by Crippen LogP contribution is 2.36. The zero-order valence-corrected chi connectivity index (χ0v) is 15.6. The summed E-state index contributed by atoms with van der Waals surface area (Å²) >= 11 is 20.7. The van der Waals surface area contributed by atoms with Crippen LogP contribution >= 0.6 is 62.7 Å². The van der Waals surface area contributed by atoms with Crippen molar-refractivity contribution in [1.29, 1.82) is 0 Å². The number of nitrogens with one attached hydrogen (secondary N) is 1. The van der Waals surface area contributed by atoms with Crippen molar-refractivity contribution in [2.24, 2.45) is 5.73 Å². The summed E-state index contributed by atoms with van der Waals surface area (Å²) in [7, 11) is -3.83. The summed E-state index contributed by atoms with van der Waals surface area (Å²) in [6.07, 6.45) is 0. The van der Waals surface area contributed by atoms with E-state index in [2.05, 4.69) is 20.7 Å². The minimum Gasteiger partial charge on any atom is -0.389 e. The van der Waals surface area contributed by atoms with Gasteiger partial charge < -0.3 is 5.73 Å². The van der Waals surface area contributed by atoms with Crippen LogP contribution in [-0.4, -0.2) is 13.4 Å². The molecule has 0 bridgehead atoms.